The molecule has 28 heavy (non-hydrogen) atoms. The van der Waals surface area contributed by atoms with Gasteiger partial charge < -0.3 is 13.7 Å². The van der Waals surface area contributed by atoms with Gasteiger partial charge in [-0.1, -0.05) is 30.4 Å². The molecule has 0 spiro atoms. The molecule has 2 aromatic heterocycles. The number of carbonyl (C=O) groups excluding carboxylic acids is 1. The van der Waals surface area contributed by atoms with Crippen LogP contribution >= 0.6 is 23.1 Å². The molecule has 0 fully saturated rings. The second-order valence-electron chi connectivity index (χ2n) is 6.28. The van der Waals surface area contributed by atoms with E-state index in [2.05, 4.69) is 40.9 Å². The van der Waals surface area contributed by atoms with Gasteiger partial charge in [0.2, 0.25) is 0 Å². The van der Waals surface area contributed by atoms with Crippen LogP contribution in [0.3, 0.4) is 0 Å². The lowest BCUT2D eigenvalue weighted by atomic mass is 10.2. The zero-order chi connectivity index (χ0) is 19.7. The van der Waals surface area contributed by atoms with Crippen LogP contribution in [0.25, 0.3) is 21.2 Å². The van der Waals surface area contributed by atoms with E-state index >= 15 is 0 Å². The summed E-state index contributed by atoms with van der Waals surface area (Å²) in [6, 6.07) is 13.6. The number of amides is 1. The molecular formula is C21H20N2O3S2. The molecule has 7 heteroatoms. The molecule has 0 saturated heterocycles. The maximum absolute atomic E-state index is 12.8. The monoisotopic (exact) mass is 412 g/mol. The van der Waals surface area contributed by atoms with Gasteiger partial charge in [-0.05, 0) is 43.0 Å². The fourth-order valence-electron chi connectivity index (χ4n) is 3.15. The third kappa shape index (κ3) is 3.36. The molecule has 4 rings (SSSR count). The molecule has 2 aromatic carbocycles. The zero-order valence-corrected chi connectivity index (χ0v) is 17.5. The predicted molar refractivity (Wildman–Crippen MR) is 115 cm³/mol. The minimum absolute atomic E-state index is 0.213. The lowest BCUT2D eigenvalue weighted by Gasteiger charge is -2.03. The third-order valence-electron chi connectivity index (χ3n) is 4.47. The number of methoxy groups -OCH3 is 1. The highest BCUT2D eigenvalue weighted by atomic mass is 32.2. The number of benzene rings is 2. The summed E-state index contributed by atoms with van der Waals surface area (Å²) in [6.45, 7) is 2.92. The fraction of sp³-hybridized carbons (Fsp3) is 0.238. The van der Waals surface area contributed by atoms with E-state index in [4.69, 9.17) is 9.15 Å². The van der Waals surface area contributed by atoms with Gasteiger partial charge in [0, 0.05) is 16.8 Å². The van der Waals surface area contributed by atoms with E-state index in [-0.39, 0.29) is 11.7 Å². The van der Waals surface area contributed by atoms with Crippen LogP contribution in [-0.4, -0.2) is 23.8 Å². The van der Waals surface area contributed by atoms with Gasteiger partial charge in [0.15, 0.2) is 21.9 Å². The van der Waals surface area contributed by atoms with E-state index in [1.807, 2.05) is 18.2 Å². The molecule has 0 unspecified atom stereocenters. The lowest BCUT2D eigenvalue weighted by Crippen LogP contribution is -2.16. The van der Waals surface area contributed by atoms with E-state index in [1.54, 1.807) is 24.9 Å². The van der Waals surface area contributed by atoms with E-state index in [0.717, 1.165) is 28.6 Å². The number of nitrogens with zero attached hydrogens (tertiary/aromatic N) is 2. The summed E-state index contributed by atoms with van der Waals surface area (Å²) < 4.78 is 14.3. The van der Waals surface area contributed by atoms with Crippen molar-refractivity contribution >= 4 is 50.2 Å². The highest BCUT2D eigenvalue weighted by molar-refractivity contribution is 7.98. The van der Waals surface area contributed by atoms with Crippen molar-refractivity contribution in [3.63, 3.8) is 0 Å². The Morgan fingerprint density at radius 3 is 2.89 bits per heavy atom. The summed E-state index contributed by atoms with van der Waals surface area (Å²) in [5.41, 5.74) is 1.66. The number of hydrogen-bond donors (Lipinski definition) is 0. The number of aromatic nitrogens is 1. The zero-order valence-electron chi connectivity index (χ0n) is 15.9. The maximum Gasteiger partial charge on any atom is 0.315 e. The van der Waals surface area contributed by atoms with E-state index in [0.29, 0.717) is 16.1 Å². The number of aryl methyl sites for hydroxylation is 1. The Labute approximate surface area is 170 Å². The minimum Gasteiger partial charge on any atom is -0.493 e. The van der Waals surface area contributed by atoms with Gasteiger partial charge in [0.05, 0.1) is 17.3 Å². The van der Waals surface area contributed by atoms with Crippen molar-refractivity contribution in [2.45, 2.75) is 24.8 Å². The Kier molecular flexibility index (Phi) is 5.28. The van der Waals surface area contributed by atoms with Crippen molar-refractivity contribution in [2.75, 3.05) is 13.4 Å². The van der Waals surface area contributed by atoms with Gasteiger partial charge in [0.25, 0.3) is 0 Å². The van der Waals surface area contributed by atoms with Crippen molar-refractivity contribution in [2.24, 2.45) is 4.99 Å². The maximum atomic E-state index is 12.8. The van der Waals surface area contributed by atoms with E-state index in [9.17, 15) is 4.79 Å². The predicted octanol–water partition coefficient (Wildman–Crippen LogP) is 5.33. The Morgan fingerprint density at radius 2 is 2.14 bits per heavy atom. The number of fused-ring (bicyclic) bond motifs is 2. The lowest BCUT2D eigenvalue weighted by molar-refractivity contribution is 0.0973. The normalized spacial score (nSPS) is 12.2. The van der Waals surface area contributed by atoms with Crippen molar-refractivity contribution in [3.8, 4) is 5.75 Å². The first-order chi connectivity index (χ1) is 13.6. The number of para-hydroxylation sites is 1. The standard InChI is InChI=1S/C21H20N2O3S2/c1-4-10-23-15-9-8-14(27-3)12-18(15)28-21(23)22-20(24)17-11-13-6-5-7-16(25-2)19(13)26-17/h5-9,11-12H,4,10H2,1-3H3. The van der Waals surface area contributed by atoms with Crippen LogP contribution in [0.4, 0.5) is 0 Å². The number of thioether (sulfide) groups is 1. The second-order valence-corrected chi connectivity index (χ2v) is 8.16. The summed E-state index contributed by atoms with van der Waals surface area (Å²) in [5.74, 6) is 0.425. The number of hydrogen-bond acceptors (Lipinski definition) is 5. The van der Waals surface area contributed by atoms with Crippen LogP contribution in [-0.2, 0) is 6.54 Å². The van der Waals surface area contributed by atoms with Gasteiger partial charge in [-0.3, -0.25) is 4.79 Å². The van der Waals surface area contributed by atoms with E-state index < -0.39 is 0 Å². The number of ether oxygens (including phenoxy) is 1. The van der Waals surface area contributed by atoms with Gasteiger partial charge >= 0.3 is 5.91 Å². The molecular weight excluding hydrogens is 392 g/mol. The average molecular weight is 413 g/mol. The molecule has 0 radical (unpaired) electrons. The average Bonchev–Trinajstić information content (AvgIpc) is 3.29. The summed E-state index contributed by atoms with van der Waals surface area (Å²) >= 11 is 3.23. The van der Waals surface area contributed by atoms with Crippen LogP contribution in [0.2, 0.25) is 0 Å². The molecule has 1 amide bonds. The summed E-state index contributed by atoms with van der Waals surface area (Å²) in [6.07, 6.45) is 3.01. The Balaban J connectivity index is 1.82. The first-order valence-electron chi connectivity index (χ1n) is 8.97. The molecule has 0 N–H and O–H groups in total. The molecule has 5 nitrogen and oxygen atoms in total. The van der Waals surface area contributed by atoms with Gasteiger partial charge in [0.1, 0.15) is 0 Å². The van der Waals surface area contributed by atoms with Gasteiger partial charge in [-0.2, -0.15) is 4.99 Å². The summed E-state index contributed by atoms with van der Waals surface area (Å²) in [5, 5.41) is 0.820. The summed E-state index contributed by atoms with van der Waals surface area (Å²) in [4.78, 5) is 19.1. The van der Waals surface area contributed by atoms with Crippen LogP contribution in [0.15, 0.2) is 56.8 Å². The van der Waals surface area contributed by atoms with Crippen LogP contribution in [0, 0.1) is 0 Å². The number of rotatable bonds is 5. The molecule has 4 aromatic rings. The molecule has 144 valence electrons. The Hall–Kier alpha value is -2.51. The van der Waals surface area contributed by atoms with Crippen molar-refractivity contribution in [3.05, 3.63) is 53.0 Å². The number of carbonyl (C=O) groups is 1. The first kappa shape index (κ1) is 18.8. The minimum atomic E-state index is -0.389. The molecule has 2 heterocycles. The largest absolute Gasteiger partial charge is 0.493 e. The molecule has 0 bridgehead atoms. The molecule has 0 saturated carbocycles. The summed E-state index contributed by atoms with van der Waals surface area (Å²) in [7, 11) is 1.58. The van der Waals surface area contributed by atoms with E-state index in [1.165, 1.54) is 16.2 Å². The van der Waals surface area contributed by atoms with Crippen LogP contribution in [0.5, 0.6) is 5.75 Å². The van der Waals surface area contributed by atoms with Crippen molar-refractivity contribution in [1.82, 2.24) is 4.57 Å². The Bertz CT molecular complexity index is 1230. The highest BCUT2D eigenvalue weighted by Gasteiger charge is 2.15. The molecule has 0 aliphatic carbocycles. The second kappa shape index (κ2) is 7.85. The van der Waals surface area contributed by atoms with Gasteiger partial charge in [-0.25, -0.2) is 0 Å². The van der Waals surface area contributed by atoms with Crippen molar-refractivity contribution in [1.29, 1.82) is 0 Å². The SMILES string of the molecule is CCCn1c(=NC(=O)c2cc3cccc(OC)c3o2)sc2cc(SC)ccc21. The Morgan fingerprint density at radius 1 is 1.29 bits per heavy atom. The molecule has 0 aliphatic rings. The molecule has 0 atom stereocenters. The van der Waals surface area contributed by atoms with Gasteiger partial charge in [-0.15, -0.1) is 11.8 Å². The van der Waals surface area contributed by atoms with Crippen molar-refractivity contribution < 1.29 is 13.9 Å². The fourth-order valence-corrected chi connectivity index (χ4v) is 4.76. The third-order valence-corrected chi connectivity index (χ3v) is 6.24. The topological polar surface area (TPSA) is 56.7 Å². The quantitative estimate of drug-likeness (QED) is 0.416. The molecule has 0 aliphatic heterocycles. The smallest absolute Gasteiger partial charge is 0.315 e. The van der Waals surface area contributed by atoms with Crippen LogP contribution in [0.1, 0.15) is 23.9 Å². The van der Waals surface area contributed by atoms with Crippen LogP contribution < -0.4 is 9.54 Å². The number of thiazole rings is 1. The first-order valence-corrected chi connectivity index (χ1v) is 11.0. The number of furan rings is 1. The highest BCUT2D eigenvalue weighted by Crippen LogP contribution is 2.29.